The zero-order chi connectivity index (χ0) is 19.7. The van der Waals surface area contributed by atoms with Crippen molar-refractivity contribution in [2.75, 3.05) is 36.6 Å². The number of nitrogens with one attached hydrogen (secondary N) is 1. The van der Waals surface area contributed by atoms with Crippen LogP contribution in [0.2, 0.25) is 0 Å². The Labute approximate surface area is 166 Å². The molecule has 1 N–H and O–H groups in total. The Morgan fingerprint density at radius 3 is 2.50 bits per heavy atom. The number of carbonyl (C=O) groups is 2. The predicted molar refractivity (Wildman–Crippen MR) is 111 cm³/mol. The first-order chi connectivity index (χ1) is 13.5. The summed E-state index contributed by atoms with van der Waals surface area (Å²) < 4.78 is 0. The first-order valence-corrected chi connectivity index (χ1v) is 10.2. The topological polar surface area (TPSA) is 45.1 Å². The molecule has 5 heteroatoms. The molecule has 2 aliphatic heterocycles. The third kappa shape index (κ3) is 3.54. The van der Waals surface area contributed by atoms with E-state index in [0.29, 0.717) is 12.2 Å². The summed E-state index contributed by atoms with van der Waals surface area (Å²) in [6.07, 6.45) is 3.81. The van der Waals surface area contributed by atoms with Crippen LogP contribution in [0.5, 0.6) is 0 Å². The molecule has 4 rings (SSSR count). The third-order valence-electron chi connectivity index (χ3n) is 5.74. The molecule has 0 aromatic heterocycles. The van der Waals surface area contributed by atoms with Crippen LogP contribution in [0, 0.1) is 6.92 Å². The summed E-state index contributed by atoms with van der Waals surface area (Å²) in [5.41, 5.74) is 4.87. The minimum atomic E-state index is -0.413. The summed E-state index contributed by atoms with van der Waals surface area (Å²) in [7, 11) is 2.08. The second-order valence-electron chi connectivity index (χ2n) is 8.05. The Kier molecular flexibility index (Phi) is 5.18. The molecule has 0 saturated carbocycles. The van der Waals surface area contributed by atoms with E-state index in [0.717, 1.165) is 30.9 Å². The SMILES string of the molecule is Cc1ccc2c(c1)C(=O)C(=O)N2C[NH+](C)Cc1ccccc1N1CCCCC1. The van der Waals surface area contributed by atoms with Crippen LogP contribution < -0.4 is 14.7 Å². The quantitative estimate of drug-likeness (QED) is 0.812. The number of benzene rings is 2. The van der Waals surface area contributed by atoms with Gasteiger partial charge in [0.15, 0.2) is 6.67 Å². The zero-order valence-electron chi connectivity index (χ0n) is 16.7. The average molecular weight is 378 g/mol. The lowest BCUT2D eigenvalue weighted by Crippen LogP contribution is -3.09. The van der Waals surface area contributed by atoms with Gasteiger partial charge in [-0.25, -0.2) is 0 Å². The molecule has 5 nitrogen and oxygen atoms in total. The van der Waals surface area contributed by atoms with Gasteiger partial charge in [0.2, 0.25) is 0 Å². The number of rotatable bonds is 5. The van der Waals surface area contributed by atoms with Gasteiger partial charge in [-0.2, -0.15) is 0 Å². The van der Waals surface area contributed by atoms with E-state index in [4.69, 9.17) is 0 Å². The first-order valence-electron chi connectivity index (χ1n) is 10.2. The third-order valence-corrected chi connectivity index (χ3v) is 5.74. The van der Waals surface area contributed by atoms with E-state index >= 15 is 0 Å². The Bertz CT molecular complexity index is 902. The largest absolute Gasteiger partial charge is 0.371 e. The number of anilines is 2. The highest BCUT2D eigenvalue weighted by atomic mass is 16.2. The average Bonchev–Trinajstić information content (AvgIpc) is 2.93. The molecule has 1 amide bonds. The molecule has 28 heavy (non-hydrogen) atoms. The number of quaternary nitrogens is 1. The fraction of sp³-hybridized carbons (Fsp3) is 0.391. The maximum Gasteiger partial charge on any atom is 0.303 e. The normalized spacial score (nSPS) is 17.8. The van der Waals surface area contributed by atoms with E-state index in [1.165, 1.54) is 35.4 Å². The van der Waals surface area contributed by atoms with Crippen molar-refractivity contribution in [2.24, 2.45) is 0 Å². The van der Waals surface area contributed by atoms with Gasteiger partial charge in [-0.15, -0.1) is 0 Å². The molecule has 1 atom stereocenters. The molecule has 0 spiro atoms. The molecule has 2 aromatic rings. The standard InChI is InChI=1S/C23H27N3O2/c1-17-10-11-21-19(14-17)22(27)23(28)26(21)16-24(2)15-18-8-4-5-9-20(18)25-12-6-3-7-13-25/h4-5,8-11,14H,3,6-7,12-13,15-16H2,1-2H3/p+1. The summed E-state index contributed by atoms with van der Waals surface area (Å²) in [6.45, 7) is 5.46. The van der Waals surface area contributed by atoms with Crippen molar-refractivity contribution < 1.29 is 14.5 Å². The number of hydrogen-bond acceptors (Lipinski definition) is 3. The molecule has 1 unspecified atom stereocenters. The number of ketones is 1. The van der Waals surface area contributed by atoms with Crippen LogP contribution in [0.3, 0.4) is 0 Å². The number of carbonyl (C=O) groups excluding carboxylic acids is 2. The molecule has 0 aliphatic carbocycles. The highest BCUT2D eigenvalue weighted by Crippen LogP contribution is 2.29. The van der Waals surface area contributed by atoms with Crippen LogP contribution in [0.15, 0.2) is 42.5 Å². The summed E-state index contributed by atoms with van der Waals surface area (Å²) >= 11 is 0. The van der Waals surface area contributed by atoms with Crippen molar-refractivity contribution in [3.63, 3.8) is 0 Å². The summed E-state index contributed by atoms with van der Waals surface area (Å²) in [6, 6.07) is 14.2. The van der Waals surface area contributed by atoms with Crippen molar-refractivity contribution in [2.45, 2.75) is 32.7 Å². The minimum absolute atomic E-state index is 0.389. The van der Waals surface area contributed by atoms with Gasteiger partial charge in [0.25, 0.3) is 5.78 Å². The molecular formula is C23H28N3O2+. The molecule has 1 saturated heterocycles. The number of hydrogen-bond donors (Lipinski definition) is 1. The monoisotopic (exact) mass is 378 g/mol. The number of amides is 1. The van der Waals surface area contributed by atoms with Gasteiger partial charge in [0.05, 0.1) is 18.3 Å². The predicted octanol–water partition coefficient (Wildman–Crippen LogP) is 2.19. The van der Waals surface area contributed by atoms with Crippen molar-refractivity contribution in [3.8, 4) is 0 Å². The molecule has 2 heterocycles. The fourth-order valence-corrected chi connectivity index (χ4v) is 4.33. The number of para-hydroxylation sites is 1. The Morgan fingerprint density at radius 2 is 1.71 bits per heavy atom. The lowest BCUT2D eigenvalue weighted by molar-refractivity contribution is -0.892. The van der Waals surface area contributed by atoms with Gasteiger partial charge in [-0.05, 0) is 44.4 Å². The number of Topliss-reactive ketones (excluding diaryl/α,β-unsaturated/α-hetero) is 1. The van der Waals surface area contributed by atoms with Crippen LogP contribution in [0.25, 0.3) is 0 Å². The maximum atomic E-state index is 12.5. The van der Waals surface area contributed by atoms with E-state index in [-0.39, 0.29) is 5.78 Å². The second kappa shape index (κ2) is 7.76. The van der Waals surface area contributed by atoms with Gasteiger partial charge in [-0.3, -0.25) is 14.5 Å². The minimum Gasteiger partial charge on any atom is -0.371 e. The van der Waals surface area contributed by atoms with Gasteiger partial charge < -0.3 is 9.80 Å². The molecule has 0 radical (unpaired) electrons. The highest BCUT2D eigenvalue weighted by molar-refractivity contribution is 6.52. The first kappa shape index (κ1) is 18.7. The number of fused-ring (bicyclic) bond motifs is 1. The van der Waals surface area contributed by atoms with Crippen LogP contribution in [-0.2, 0) is 11.3 Å². The van der Waals surface area contributed by atoms with E-state index in [9.17, 15) is 9.59 Å². The lowest BCUT2D eigenvalue weighted by Gasteiger charge is -2.31. The van der Waals surface area contributed by atoms with Gasteiger partial charge in [0, 0.05) is 24.3 Å². The van der Waals surface area contributed by atoms with E-state index in [1.807, 2.05) is 25.1 Å². The molecule has 146 valence electrons. The Morgan fingerprint density at radius 1 is 0.964 bits per heavy atom. The van der Waals surface area contributed by atoms with Crippen molar-refractivity contribution in [1.82, 2.24) is 0 Å². The van der Waals surface area contributed by atoms with Crippen molar-refractivity contribution in [3.05, 3.63) is 59.2 Å². The van der Waals surface area contributed by atoms with E-state index in [1.54, 1.807) is 4.90 Å². The molecule has 1 fully saturated rings. The van der Waals surface area contributed by atoms with Gasteiger partial charge >= 0.3 is 5.91 Å². The Hall–Kier alpha value is -2.66. The Balaban J connectivity index is 1.51. The second-order valence-corrected chi connectivity index (χ2v) is 8.05. The van der Waals surface area contributed by atoms with E-state index in [2.05, 4.69) is 36.2 Å². The lowest BCUT2D eigenvalue weighted by atomic mass is 10.1. The van der Waals surface area contributed by atoms with Crippen LogP contribution in [-0.4, -0.2) is 38.5 Å². The molecule has 2 aliphatic rings. The summed E-state index contributed by atoms with van der Waals surface area (Å²) in [4.78, 5) is 30.2. The van der Waals surface area contributed by atoms with Gasteiger partial charge in [0.1, 0.15) is 6.54 Å². The van der Waals surface area contributed by atoms with Crippen molar-refractivity contribution >= 4 is 23.1 Å². The highest BCUT2D eigenvalue weighted by Gasteiger charge is 2.37. The molecular weight excluding hydrogens is 350 g/mol. The zero-order valence-corrected chi connectivity index (χ0v) is 16.7. The smallest absolute Gasteiger partial charge is 0.303 e. The number of nitrogens with zero attached hydrogens (tertiary/aromatic N) is 2. The fourth-order valence-electron chi connectivity index (χ4n) is 4.33. The van der Waals surface area contributed by atoms with Crippen LogP contribution >= 0.6 is 0 Å². The number of piperidine rings is 1. The molecule has 0 bridgehead atoms. The maximum absolute atomic E-state index is 12.5. The van der Waals surface area contributed by atoms with Crippen molar-refractivity contribution in [1.29, 1.82) is 0 Å². The number of aryl methyl sites for hydroxylation is 1. The summed E-state index contributed by atoms with van der Waals surface area (Å²) in [5, 5.41) is 0. The van der Waals surface area contributed by atoms with Crippen LogP contribution in [0.1, 0.15) is 40.7 Å². The molecule has 2 aromatic carbocycles. The van der Waals surface area contributed by atoms with Gasteiger partial charge in [-0.1, -0.05) is 29.8 Å². The van der Waals surface area contributed by atoms with Crippen LogP contribution in [0.4, 0.5) is 11.4 Å². The van der Waals surface area contributed by atoms with E-state index < -0.39 is 5.91 Å². The summed E-state index contributed by atoms with van der Waals surface area (Å²) in [5.74, 6) is -0.801.